The van der Waals surface area contributed by atoms with E-state index in [0.29, 0.717) is 5.92 Å². The van der Waals surface area contributed by atoms with Crippen LogP contribution in [-0.2, 0) is 17.6 Å². The Morgan fingerprint density at radius 3 is 3.47 bits per heavy atom. The molecule has 15 heavy (non-hydrogen) atoms. The van der Waals surface area contributed by atoms with Gasteiger partial charge in [0.25, 0.3) is 0 Å². The first-order valence-corrected chi connectivity index (χ1v) is 5.21. The molecule has 1 aromatic rings. The molecule has 0 radical (unpaired) electrons. The molecule has 1 aliphatic carbocycles. The zero-order valence-corrected chi connectivity index (χ0v) is 8.62. The molecular weight excluding hydrogens is 190 g/mol. The smallest absolute Gasteiger partial charge is 0.243 e. The standard InChI is InChI=1S/C11H15N3O/c1-2-11(15)12-6-8-3-4-9-7-13-14-10(9)5-8/h2,7-8H,1,3-6H2,(H,12,15)(H,13,14). The third-order valence-corrected chi connectivity index (χ3v) is 2.87. The van der Waals surface area contributed by atoms with E-state index in [1.54, 1.807) is 0 Å². The predicted molar refractivity (Wildman–Crippen MR) is 57.3 cm³/mol. The highest BCUT2D eigenvalue weighted by Gasteiger charge is 2.19. The molecule has 0 fully saturated rings. The second kappa shape index (κ2) is 4.29. The number of hydrogen-bond acceptors (Lipinski definition) is 2. The number of carbonyl (C=O) groups excluding carboxylic acids is 1. The van der Waals surface area contributed by atoms with Crippen LogP contribution in [0.1, 0.15) is 17.7 Å². The molecule has 1 unspecified atom stereocenters. The normalized spacial score (nSPS) is 19.3. The first-order valence-electron chi connectivity index (χ1n) is 5.21. The van der Waals surface area contributed by atoms with Crippen LogP contribution in [0.2, 0.25) is 0 Å². The van der Waals surface area contributed by atoms with Crippen molar-refractivity contribution in [3.8, 4) is 0 Å². The minimum Gasteiger partial charge on any atom is -0.352 e. The summed E-state index contributed by atoms with van der Waals surface area (Å²) in [6, 6.07) is 0. The number of aromatic amines is 1. The van der Waals surface area contributed by atoms with Gasteiger partial charge in [-0.15, -0.1) is 0 Å². The zero-order valence-electron chi connectivity index (χ0n) is 8.62. The maximum atomic E-state index is 11.0. The Hall–Kier alpha value is -1.58. The molecule has 4 nitrogen and oxygen atoms in total. The van der Waals surface area contributed by atoms with Gasteiger partial charge in [-0.05, 0) is 36.8 Å². The lowest BCUT2D eigenvalue weighted by Gasteiger charge is -2.21. The molecule has 2 N–H and O–H groups in total. The second-order valence-electron chi connectivity index (χ2n) is 3.93. The lowest BCUT2D eigenvalue weighted by Crippen LogP contribution is -2.30. The predicted octanol–water partition coefficient (Wildman–Crippen LogP) is 0.817. The summed E-state index contributed by atoms with van der Waals surface area (Å²) < 4.78 is 0. The number of rotatable bonds is 3. The number of hydrogen-bond donors (Lipinski definition) is 2. The van der Waals surface area contributed by atoms with Gasteiger partial charge in [-0.2, -0.15) is 5.10 Å². The number of nitrogens with zero attached hydrogens (tertiary/aromatic N) is 1. The number of carbonyl (C=O) groups is 1. The largest absolute Gasteiger partial charge is 0.352 e. The monoisotopic (exact) mass is 205 g/mol. The molecule has 80 valence electrons. The van der Waals surface area contributed by atoms with E-state index in [1.165, 1.54) is 17.3 Å². The van der Waals surface area contributed by atoms with E-state index in [1.807, 2.05) is 6.20 Å². The first-order chi connectivity index (χ1) is 7.29. The molecule has 1 amide bonds. The maximum Gasteiger partial charge on any atom is 0.243 e. The fourth-order valence-corrected chi connectivity index (χ4v) is 1.97. The summed E-state index contributed by atoms with van der Waals surface area (Å²) in [7, 11) is 0. The Morgan fingerprint density at radius 2 is 2.67 bits per heavy atom. The Kier molecular flexibility index (Phi) is 2.85. The van der Waals surface area contributed by atoms with Crippen molar-refractivity contribution in [2.45, 2.75) is 19.3 Å². The topological polar surface area (TPSA) is 57.8 Å². The van der Waals surface area contributed by atoms with Gasteiger partial charge in [-0.25, -0.2) is 0 Å². The third-order valence-electron chi connectivity index (χ3n) is 2.87. The van der Waals surface area contributed by atoms with Crippen molar-refractivity contribution in [2.75, 3.05) is 6.54 Å². The fraction of sp³-hybridized carbons (Fsp3) is 0.455. The van der Waals surface area contributed by atoms with Crippen LogP contribution in [0.4, 0.5) is 0 Å². The summed E-state index contributed by atoms with van der Waals surface area (Å²) in [5, 5.41) is 9.86. The summed E-state index contributed by atoms with van der Waals surface area (Å²) in [6.45, 7) is 4.15. The van der Waals surface area contributed by atoms with E-state index in [0.717, 1.165) is 25.8 Å². The van der Waals surface area contributed by atoms with E-state index in [-0.39, 0.29) is 5.91 Å². The van der Waals surface area contributed by atoms with E-state index < -0.39 is 0 Å². The molecule has 2 rings (SSSR count). The number of aromatic nitrogens is 2. The molecule has 1 atom stereocenters. The van der Waals surface area contributed by atoms with Crippen molar-refractivity contribution >= 4 is 5.91 Å². The summed E-state index contributed by atoms with van der Waals surface area (Å²) in [5.74, 6) is 0.423. The van der Waals surface area contributed by atoms with Crippen molar-refractivity contribution in [2.24, 2.45) is 5.92 Å². The molecular formula is C11H15N3O. The quantitative estimate of drug-likeness (QED) is 0.718. The van der Waals surface area contributed by atoms with Crippen molar-refractivity contribution in [1.82, 2.24) is 15.5 Å². The minimum atomic E-state index is -0.0922. The van der Waals surface area contributed by atoms with E-state index in [2.05, 4.69) is 22.1 Å². The molecule has 0 saturated carbocycles. The van der Waals surface area contributed by atoms with Crippen LogP contribution >= 0.6 is 0 Å². The summed E-state index contributed by atoms with van der Waals surface area (Å²) >= 11 is 0. The van der Waals surface area contributed by atoms with Crippen molar-refractivity contribution in [3.63, 3.8) is 0 Å². The molecule has 0 bridgehead atoms. The minimum absolute atomic E-state index is 0.0922. The van der Waals surface area contributed by atoms with Gasteiger partial charge in [-0.3, -0.25) is 9.89 Å². The Balaban J connectivity index is 1.87. The third kappa shape index (κ3) is 2.26. The molecule has 4 heteroatoms. The molecule has 0 aliphatic heterocycles. The fourth-order valence-electron chi connectivity index (χ4n) is 1.97. The zero-order chi connectivity index (χ0) is 10.7. The van der Waals surface area contributed by atoms with Crippen LogP contribution in [0, 0.1) is 5.92 Å². The number of aryl methyl sites for hydroxylation is 1. The van der Waals surface area contributed by atoms with E-state index >= 15 is 0 Å². The molecule has 1 aromatic heterocycles. The van der Waals surface area contributed by atoms with Gasteiger partial charge in [0.15, 0.2) is 0 Å². The number of H-pyrrole nitrogens is 1. The summed E-state index contributed by atoms with van der Waals surface area (Å²) in [5.41, 5.74) is 2.54. The van der Waals surface area contributed by atoms with Crippen LogP contribution < -0.4 is 5.32 Å². The van der Waals surface area contributed by atoms with Gasteiger partial charge in [0.05, 0.1) is 6.20 Å². The maximum absolute atomic E-state index is 11.0. The highest BCUT2D eigenvalue weighted by Crippen LogP contribution is 2.22. The van der Waals surface area contributed by atoms with Crippen LogP contribution in [0.5, 0.6) is 0 Å². The molecule has 0 saturated heterocycles. The molecule has 1 aliphatic rings. The average molecular weight is 205 g/mol. The Labute approximate surface area is 88.8 Å². The number of nitrogens with one attached hydrogen (secondary N) is 2. The SMILES string of the molecule is C=CC(=O)NCC1CCc2cn[nH]c2C1. The summed E-state index contributed by atoms with van der Waals surface area (Å²) in [4.78, 5) is 11.0. The van der Waals surface area contributed by atoms with Crippen LogP contribution in [0.3, 0.4) is 0 Å². The molecule has 0 aromatic carbocycles. The molecule has 1 heterocycles. The highest BCUT2D eigenvalue weighted by molar-refractivity contribution is 5.86. The van der Waals surface area contributed by atoms with Crippen molar-refractivity contribution in [1.29, 1.82) is 0 Å². The highest BCUT2D eigenvalue weighted by atomic mass is 16.1. The number of fused-ring (bicyclic) bond motifs is 1. The van der Waals surface area contributed by atoms with Crippen LogP contribution in [-0.4, -0.2) is 22.6 Å². The Morgan fingerprint density at radius 1 is 1.80 bits per heavy atom. The van der Waals surface area contributed by atoms with E-state index in [9.17, 15) is 4.79 Å². The average Bonchev–Trinajstić information content (AvgIpc) is 2.72. The van der Waals surface area contributed by atoms with Crippen molar-refractivity contribution in [3.05, 3.63) is 30.1 Å². The molecule has 0 spiro atoms. The van der Waals surface area contributed by atoms with Crippen LogP contribution in [0.25, 0.3) is 0 Å². The van der Waals surface area contributed by atoms with Gasteiger partial charge in [-0.1, -0.05) is 6.58 Å². The van der Waals surface area contributed by atoms with Gasteiger partial charge in [0.1, 0.15) is 0 Å². The van der Waals surface area contributed by atoms with Gasteiger partial charge >= 0.3 is 0 Å². The van der Waals surface area contributed by atoms with Crippen LogP contribution in [0.15, 0.2) is 18.9 Å². The van der Waals surface area contributed by atoms with Gasteiger partial charge in [0, 0.05) is 12.2 Å². The lowest BCUT2D eigenvalue weighted by atomic mass is 9.88. The first kappa shape index (κ1) is 9.96. The van der Waals surface area contributed by atoms with Gasteiger partial charge in [0.2, 0.25) is 5.91 Å². The second-order valence-corrected chi connectivity index (χ2v) is 3.93. The van der Waals surface area contributed by atoms with Crippen molar-refractivity contribution < 1.29 is 4.79 Å². The summed E-state index contributed by atoms with van der Waals surface area (Å²) in [6.07, 6.45) is 6.36. The lowest BCUT2D eigenvalue weighted by molar-refractivity contribution is -0.116. The van der Waals surface area contributed by atoms with E-state index in [4.69, 9.17) is 0 Å². The number of amides is 1. The Bertz CT molecular complexity index is 370. The van der Waals surface area contributed by atoms with Gasteiger partial charge < -0.3 is 5.32 Å².